The van der Waals surface area contributed by atoms with Gasteiger partial charge in [0.15, 0.2) is 11.9 Å². The van der Waals surface area contributed by atoms with Gasteiger partial charge in [-0.2, -0.15) is 0 Å². The molecule has 1 aliphatic rings. The number of fused-ring (bicyclic) bond motifs is 1. The summed E-state index contributed by atoms with van der Waals surface area (Å²) in [6.45, 7) is 6.58. The molecule has 8 heteroatoms. The van der Waals surface area contributed by atoms with Gasteiger partial charge >= 0.3 is 35.5 Å². The fraction of sp³-hybridized carbons (Fsp3) is 0.500. The second kappa shape index (κ2) is 14.5. The smallest absolute Gasteiger partial charge is 1.00 e. The van der Waals surface area contributed by atoms with E-state index in [4.69, 9.17) is 18.9 Å². The van der Waals surface area contributed by atoms with E-state index in [0.29, 0.717) is 49.5 Å². The van der Waals surface area contributed by atoms with E-state index in [2.05, 4.69) is 13.8 Å². The van der Waals surface area contributed by atoms with Crippen LogP contribution in [0.3, 0.4) is 0 Å². The van der Waals surface area contributed by atoms with Crippen LogP contribution in [-0.2, 0) is 24.1 Å². The molecule has 0 amide bonds. The van der Waals surface area contributed by atoms with E-state index in [1.54, 1.807) is 13.2 Å². The average Bonchev–Trinajstić information content (AvgIpc) is 2.85. The maximum Gasteiger partial charge on any atom is 1.00 e. The van der Waals surface area contributed by atoms with Gasteiger partial charge in [-0.25, -0.2) is 4.79 Å². The van der Waals surface area contributed by atoms with E-state index in [-0.39, 0.29) is 36.8 Å². The van der Waals surface area contributed by atoms with Crippen LogP contribution in [-0.4, -0.2) is 43.3 Å². The fourth-order valence-corrected chi connectivity index (χ4v) is 4.45. The Balaban J connectivity index is 0.00000342. The minimum absolute atomic E-state index is 0. The van der Waals surface area contributed by atoms with Gasteiger partial charge in [-0.15, -0.1) is 0 Å². The summed E-state index contributed by atoms with van der Waals surface area (Å²) in [6.07, 6.45) is 4.31. The molecule has 1 aliphatic heterocycles. The van der Waals surface area contributed by atoms with Crippen molar-refractivity contribution >= 4 is 11.8 Å². The summed E-state index contributed by atoms with van der Waals surface area (Å²) in [5.74, 6) is 1.74. The maximum absolute atomic E-state index is 12.0. The number of ether oxygens (including phenoxy) is 4. The molecule has 192 valence electrons. The largest absolute Gasteiger partial charge is 1.00 e. The second-order valence-corrected chi connectivity index (χ2v) is 8.74. The van der Waals surface area contributed by atoms with Crippen molar-refractivity contribution in [2.45, 2.75) is 71.8 Å². The fourth-order valence-electron chi connectivity index (χ4n) is 4.45. The van der Waals surface area contributed by atoms with Crippen molar-refractivity contribution < 1.29 is 64.6 Å². The molecule has 2 aromatic rings. The summed E-state index contributed by atoms with van der Waals surface area (Å²) in [4.78, 5) is 23.4. The van der Waals surface area contributed by atoms with Crippen LogP contribution in [0, 0.1) is 0 Å². The molecule has 0 saturated carbocycles. The van der Waals surface area contributed by atoms with Crippen molar-refractivity contribution in [3.05, 3.63) is 46.5 Å². The Bertz CT molecular complexity index is 1060. The predicted molar refractivity (Wildman–Crippen MR) is 135 cm³/mol. The molecule has 0 bridgehead atoms. The van der Waals surface area contributed by atoms with Crippen molar-refractivity contribution in [3.63, 3.8) is 0 Å². The molecule has 0 radical (unpaired) electrons. The standard InChI is InChI=1S/C28H36O7.Na.H/c1-5-8-21-23(13-10-19-11-14-25(28(30)31)35-26(19)21)33-16-7-17-34-24-15-12-20(18(3)29)27(32-4)22(24)9-6-2;;/h10,12-13,15,25H,5-9,11,14,16-17H2,1-4H3,(H,30,31);;/q;+1;-1. The number of methoxy groups -OCH3 is 1. The van der Waals surface area contributed by atoms with E-state index >= 15 is 0 Å². The van der Waals surface area contributed by atoms with Crippen LogP contribution in [0.5, 0.6) is 23.0 Å². The zero-order valence-corrected chi connectivity index (χ0v) is 24.1. The number of aliphatic carboxylic acids is 1. The molecule has 36 heavy (non-hydrogen) atoms. The quantitative estimate of drug-likeness (QED) is 0.253. The van der Waals surface area contributed by atoms with E-state index in [1.807, 2.05) is 18.2 Å². The third-order valence-electron chi connectivity index (χ3n) is 6.12. The van der Waals surface area contributed by atoms with Crippen molar-refractivity contribution in [3.8, 4) is 23.0 Å². The summed E-state index contributed by atoms with van der Waals surface area (Å²) in [5, 5.41) is 9.38. The minimum Gasteiger partial charge on any atom is -1.00 e. The van der Waals surface area contributed by atoms with E-state index in [0.717, 1.165) is 53.9 Å². The Morgan fingerprint density at radius 2 is 1.64 bits per heavy atom. The third-order valence-corrected chi connectivity index (χ3v) is 6.12. The van der Waals surface area contributed by atoms with Gasteiger partial charge in [0.2, 0.25) is 0 Å². The number of hydrogen-bond acceptors (Lipinski definition) is 6. The second-order valence-electron chi connectivity index (χ2n) is 8.74. The predicted octanol–water partition coefficient (Wildman–Crippen LogP) is 2.55. The van der Waals surface area contributed by atoms with Gasteiger partial charge in [0.25, 0.3) is 0 Å². The topological polar surface area (TPSA) is 91.3 Å². The van der Waals surface area contributed by atoms with Gasteiger partial charge in [0.1, 0.15) is 23.0 Å². The minimum atomic E-state index is -0.933. The number of carbonyl (C=O) groups is 2. The van der Waals surface area contributed by atoms with Crippen molar-refractivity contribution in [1.82, 2.24) is 0 Å². The Labute approximate surface area is 237 Å². The van der Waals surface area contributed by atoms with E-state index in [9.17, 15) is 14.7 Å². The number of carboxylic acids is 1. The Morgan fingerprint density at radius 1 is 1.03 bits per heavy atom. The first-order valence-electron chi connectivity index (χ1n) is 12.4. The molecule has 0 saturated heterocycles. The first kappa shape index (κ1) is 30.0. The van der Waals surface area contributed by atoms with Crippen LogP contribution in [0.15, 0.2) is 24.3 Å². The SMILES string of the molecule is CCCc1c(OCCCOc2ccc(C(C)=O)c(OC)c2CCC)ccc2c1OC(C(=O)O)CC2.[H-].[Na+]. The normalized spacial score (nSPS) is 14.2. The summed E-state index contributed by atoms with van der Waals surface area (Å²) in [6, 6.07) is 7.52. The first-order valence-corrected chi connectivity index (χ1v) is 12.4. The molecule has 0 aromatic heterocycles. The summed E-state index contributed by atoms with van der Waals surface area (Å²) in [5.41, 5.74) is 3.45. The monoisotopic (exact) mass is 508 g/mol. The van der Waals surface area contributed by atoms with Gasteiger partial charge in [-0.1, -0.05) is 32.8 Å². The Hall–Kier alpha value is -2.22. The van der Waals surface area contributed by atoms with Crippen molar-refractivity contribution in [2.75, 3.05) is 20.3 Å². The molecular weight excluding hydrogens is 471 g/mol. The number of aryl methyl sites for hydroxylation is 1. The third kappa shape index (κ3) is 7.17. The summed E-state index contributed by atoms with van der Waals surface area (Å²) < 4.78 is 23.5. The number of carboxylic acid groups (broad SMARTS) is 1. The Kier molecular flexibility index (Phi) is 12.1. The van der Waals surface area contributed by atoms with Crippen LogP contribution in [0.25, 0.3) is 0 Å². The van der Waals surface area contributed by atoms with Gasteiger partial charge < -0.3 is 25.5 Å². The maximum atomic E-state index is 12.0. The molecule has 1 heterocycles. The molecular formula is C28H37NaO7. The van der Waals surface area contributed by atoms with Crippen LogP contribution >= 0.6 is 0 Å². The van der Waals surface area contributed by atoms with Crippen LogP contribution in [0.1, 0.15) is 74.9 Å². The van der Waals surface area contributed by atoms with Crippen LogP contribution < -0.4 is 48.5 Å². The van der Waals surface area contributed by atoms with E-state index in [1.165, 1.54) is 6.92 Å². The summed E-state index contributed by atoms with van der Waals surface area (Å²) >= 11 is 0. The molecule has 7 nitrogen and oxygen atoms in total. The number of rotatable bonds is 13. The van der Waals surface area contributed by atoms with Gasteiger partial charge in [0, 0.05) is 17.5 Å². The van der Waals surface area contributed by atoms with Crippen molar-refractivity contribution in [2.24, 2.45) is 0 Å². The zero-order valence-electron chi connectivity index (χ0n) is 23.1. The van der Waals surface area contributed by atoms with Crippen LogP contribution in [0.4, 0.5) is 0 Å². The Morgan fingerprint density at radius 3 is 2.22 bits per heavy atom. The number of ketones is 1. The molecule has 0 fully saturated rings. The molecule has 1 atom stereocenters. The molecule has 3 rings (SSSR count). The number of hydrogen-bond donors (Lipinski definition) is 1. The average molecular weight is 509 g/mol. The van der Waals surface area contributed by atoms with Gasteiger partial charge in [-0.05, 0) is 56.4 Å². The van der Waals surface area contributed by atoms with E-state index < -0.39 is 12.1 Å². The first-order chi connectivity index (χ1) is 16.9. The number of carbonyl (C=O) groups excluding carboxylic acids is 1. The molecule has 2 aromatic carbocycles. The molecule has 0 spiro atoms. The molecule has 1 unspecified atom stereocenters. The van der Waals surface area contributed by atoms with Gasteiger partial charge in [0.05, 0.1) is 25.9 Å². The van der Waals surface area contributed by atoms with Crippen molar-refractivity contribution in [1.29, 1.82) is 0 Å². The zero-order chi connectivity index (χ0) is 25.4. The summed E-state index contributed by atoms with van der Waals surface area (Å²) in [7, 11) is 1.58. The number of Topliss-reactive ketones (excluding diaryl/α,β-unsaturated/α-hetero) is 1. The number of benzene rings is 2. The van der Waals surface area contributed by atoms with Gasteiger partial charge in [-0.3, -0.25) is 4.79 Å². The molecule has 0 aliphatic carbocycles. The van der Waals surface area contributed by atoms with Crippen LogP contribution in [0.2, 0.25) is 0 Å². The molecule has 1 N–H and O–H groups in total.